The lowest BCUT2D eigenvalue weighted by atomic mass is 9.87. The molecule has 174 valence electrons. The van der Waals surface area contributed by atoms with E-state index in [-0.39, 0.29) is 11.4 Å². The first-order valence-electron chi connectivity index (χ1n) is 11.0. The summed E-state index contributed by atoms with van der Waals surface area (Å²) in [6.07, 6.45) is 3.56. The third-order valence-electron chi connectivity index (χ3n) is 5.22. The van der Waals surface area contributed by atoms with Crippen molar-refractivity contribution in [2.75, 3.05) is 10.6 Å². The van der Waals surface area contributed by atoms with Crippen LogP contribution in [0.3, 0.4) is 0 Å². The van der Waals surface area contributed by atoms with Gasteiger partial charge in [-0.15, -0.1) is 0 Å². The summed E-state index contributed by atoms with van der Waals surface area (Å²) in [7, 11) is 0. The monoisotopic (exact) mass is 456 g/mol. The van der Waals surface area contributed by atoms with Crippen LogP contribution in [0.25, 0.3) is 5.82 Å². The van der Waals surface area contributed by atoms with Gasteiger partial charge >= 0.3 is 6.03 Å². The standard InChI is InChI=1S/C26H28N6O2/c1-17-28-23(32-15-14-27-18(32)2)16-24(29-17)34-22-12-10-21(11-13-22)31-25(33)30-20-8-6-19(7-9-20)26(3,4)5/h6-16H,1-5H3,(H2,30,31,33). The van der Waals surface area contributed by atoms with Crippen molar-refractivity contribution in [3.63, 3.8) is 0 Å². The van der Waals surface area contributed by atoms with E-state index in [4.69, 9.17) is 4.74 Å². The Morgan fingerprint density at radius 1 is 0.912 bits per heavy atom. The number of amides is 2. The minimum atomic E-state index is -0.316. The van der Waals surface area contributed by atoms with Crippen molar-refractivity contribution in [2.24, 2.45) is 0 Å². The zero-order chi connectivity index (χ0) is 24.3. The summed E-state index contributed by atoms with van der Waals surface area (Å²) in [5.74, 6) is 3.11. The number of ether oxygens (including phenoxy) is 1. The summed E-state index contributed by atoms with van der Waals surface area (Å²) >= 11 is 0. The minimum Gasteiger partial charge on any atom is -0.439 e. The summed E-state index contributed by atoms with van der Waals surface area (Å²) < 4.78 is 7.78. The number of imidazole rings is 1. The molecule has 0 unspecified atom stereocenters. The molecule has 8 heteroatoms. The van der Waals surface area contributed by atoms with Gasteiger partial charge in [-0.05, 0) is 61.2 Å². The molecule has 2 aromatic heterocycles. The minimum absolute atomic E-state index is 0.0646. The van der Waals surface area contributed by atoms with Gasteiger partial charge in [-0.1, -0.05) is 32.9 Å². The van der Waals surface area contributed by atoms with Gasteiger partial charge in [0, 0.05) is 29.8 Å². The molecule has 0 bridgehead atoms. The van der Waals surface area contributed by atoms with Gasteiger partial charge < -0.3 is 15.4 Å². The van der Waals surface area contributed by atoms with Crippen molar-refractivity contribution in [1.29, 1.82) is 0 Å². The third kappa shape index (κ3) is 5.58. The van der Waals surface area contributed by atoms with Crippen LogP contribution in [-0.2, 0) is 5.41 Å². The van der Waals surface area contributed by atoms with E-state index in [0.717, 1.165) is 11.5 Å². The number of aromatic nitrogens is 4. The zero-order valence-electron chi connectivity index (χ0n) is 20.0. The molecule has 4 aromatic rings. The SMILES string of the molecule is Cc1nc(Oc2ccc(NC(=O)Nc3ccc(C(C)(C)C)cc3)cc2)cc(-n2ccnc2C)n1. The molecule has 0 saturated heterocycles. The van der Waals surface area contributed by atoms with E-state index < -0.39 is 0 Å². The first kappa shape index (κ1) is 23.0. The Bertz CT molecular complexity index is 1290. The number of benzene rings is 2. The molecule has 34 heavy (non-hydrogen) atoms. The van der Waals surface area contributed by atoms with E-state index in [2.05, 4.69) is 46.4 Å². The lowest BCUT2D eigenvalue weighted by Gasteiger charge is -2.19. The van der Waals surface area contributed by atoms with E-state index in [1.165, 1.54) is 5.56 Å². The molecule has 0 saturated carbocycles. The summed E-state index contributed by atoms with van der Waals surface area (Å²) in [5.41, 5.74) is 2.65. The van der Waals surface area contributed by atoms with Crippen molar-refractivity contribution in [3.05, 3.63) is 84.2 Å². The molecular formula is C26H28N6O2. The molecule has 0 atom stereocenters. The number of nitrogens with one attached hydrogen (secondary N) is 2. The zero-order valence-corrected chi connectivity index (χ0v) is 20.0. The van der Waals surface area contributed by atoms with Crippen LogP contribution < -0.4 is 15.4 Å². The number of urea groups is 1. The Morgan fingerprint density at radius 3 is 2.09 bits per heavy atom. The van der Waals surface area contributed by atoms with Crippen LogP contribution in [0.4, 0.5) is 16.2 Å². The number of aryl methyl sites for hydroxylation is 2. The quantitative estimate of drug-likeness (QED) is 0.383. The largest absolute Gasteiger partial charge is 0.439 e. The topological polar surface area (TPSA) is 94.0 Å². The lowest BCUT2D eigenvalue weighted by molar-refractivity contribution is 0.262. The number of hydrogen-bond acceptors (Lipinski definition) is 5. The molecule has 0 spiro atoms. The molecule has 2 aromatic carbocycles. The second-order valence-corrected chi connectivity index (χ2v) is 8.99. The first-order valence-corrected chi connectivity index (χ1v) is 11.0. The highest BCUT2D eigenvalue weighted by atomic mass is 16.5. The molecule has 0 radical (unpaired) electrons. The number of rotatable bonds is 5. The van der Waals surface area contributed by atoms with E-state index >= 15 is 0 Å². The van der Waals surface area contributed by atoms with Crippen LogP contribution >= 0.6 is 0 Å². The molecule has 8 nitrogen and oxygen atoms in total. The average molecular weight is 457 g/mol. The van der Waals surface area contributed by atoms with Crippen molar-refractivity contribution in [1.82, 2.24) is 19.5 Å². The molecule has 2 N–H and O–H groups in total. The van der Waals surface area contributed by atoms with Crippen LogP contribution in [0.15, 0.2) is 67.0 Å². The molecule has 0 aliphatic heterocycles. The van der Waals surface area contributed by atoms with Gasteiger partial charge in [0.2, 0.25) is 5.88 Å². The van der Waals surface area contributed by atoms with Gasteiger partial charge in [0.05, 0.1) is 0 Å². The molecule has 0 aliphatic carbocycles. The summed E-state index contributed by atoms with van der Waals surface area (Å²) in [6, 6.07) is 16.4. The highest BCUT2D eigenvalue weighted by Gasteiger charge is 2.13. The predicted molar refractivity (Wildman–Crippen MR) is 133 cm³/mol. The Balaban J connectivity index is 1.38. The van der Waals surface area contributed by atoms with Gasteiger partial charge in [-0.25, -0.2) is 14.8 Å². The van der Waals surface area contributed by atoms with Crippen LogP contribution in [0.1, 0.15) is 38.0 Å². The van der Waals surface area contributed by atoms with E-state index in [9.17, 15) is 4.79 Å². The number of carbonyl (C=O) groups excluding carboxylic acids is 1. The van der Waals surface area contributed by atoms with Gasteiger partial charge in [0.15, 0.2) is 0 Å². The maximum absolute atomic E-state index is 12.4. The molecular weight excluding hydrogens is 428 g/mol. The van der Waals surface area contributed by atoms with Crippen LogP contribution in [-0.4, -0.2) is 25.6 Å². The Labute approximate surface area is 199 Å². The maximum Gasteiger partial charge on any atom is 0.323 e. The second-order valence-electron chi connectivity index (χ2n) is 8.99. The maximum atomic E-state index is 12.4. The fraction of sp³-hybridized carbons (Fsp3) is 0.231. The summed E-state index contributed by atoms with van der Waals surface area (Å²) in [5, 5.41) is 5.68. The molecule has 0 aliphatic rings. The highest BCUT2D eigenvalue weighted by molar-refractivity contribution is 5.99. The van der Waals surface area contributed by atoms with Crippen LogP contribution in [0.5, 0.6) is 11.6 Å². The second kappa shape index (κ2) is 9.35. The first-order chi connectivity index (χ1) is 16.2. The van der Waals surface area contributed by atoms with Gasteiger partial charge in [0.25, 0.3) is 0 Å². The van der Waals surface area contributed by atoms with Crippen molar-refractivity contribution in [3.8, 4) is 17.4 Å². The average Bonchev–Trinajstić information content (AvgIpc) is 3.20. The van der Waals surface area contributed by atoms with Crippen molar-refractivity contribution >= 4 is 17.4 Å². The fourth-order valence-corrected chi connectivity index (χ4v) is 3.40. The number of hydrogen-bond donors (Lipinski definition) is 2. The van der Waals surface area contributed by atoms with Crippen molar-refractivity contribution < 1.29 is 9.53 Å². The number of carbonyl (C=O) groups is 1. The molecule has 2 heterocycles. The summed E-state index contributed by atoms with van der Waals surface area (Å²) in [6.45, 7) is 10.2. The number of anilines is 2. The van der Waals surface area contributed by atoms with E-state index in [0.29, 0.717) is 29.0 Å². The predicted octanol–water partition coefficient (Wildman–Crippen LogP) is 6.01. The van der Waals surface area contributed by atoms with Crippen LogP contribution in [0.2, 0.25) is 0 Å². The van der Waals surface area contributed by atoms with Gasteiger partial charge in [0.1, 0.15) is 23.2 Å². The normalized spacial score (nSPS) is 11.2. The smallest absolute Gasteiger partial charge is 0.323 e. The van der Waals surface area contributed by atoms with Gasteiger partial charge in [-0.2, -0.15) is 4.98 Å². The lowest BCUT2D eigenvalue weighted by Crippen LogP contribution is -2.19. The van der Waals surface area contributed by atoms with E-state index in [1.807, 2.05) is 48.9 Å². The molecule has 2 amide bonds. The number of nitrogens with zero attached hydrogens (tertiary/aromatic N) is 4. The van der Waals surface area contributed by atoms with Crippen LogP contribution in [0, 0.1) is 13.8 Å². The fourth-order valence-electron chi connectivity index (χ4n) is 3.40. The Hall–Kier alpha value is -4.20. The Morgan fingerprint density at radius 2 is 1.53 bits per heavy atom. The van der Waals surface area contributed by atoms with Crippen molar-refractivity contribution in [2.45, 2.75) is 40.0 Å². The Kier molecular flexibility index (Phi) is 6.32. The van der Waals surface area contributed by atoms with Gasteiger partial charge in [-0.3, -0.25) is 4.57 Å². The molecule has 0 fully saturated rings. The third-order valence-corrected chi connectivity index (χ3v) is 5.22. The summed E-state index contributed by atoms with van der Waals surface area (Å²) in [4.78, 5) is 25.4. The molecule has 4 rings (SSSR count). The van der Waals surface area contributed by atoms with E-state index in [1.54, 1.807) is 36.5 Å². The highest BCUT2D eigenvalue weighted by Crippen LogP contribution is 2.25.